The van der Waals surface area contributed by atoms with E-state index in [4.69, 9.17) is 14.2 Å². The van der Waals surface area contributed by atoms with Gasteiger partial charge in [-0.25, -0.2) is 18.4 Å². The SMILES string of the molecule is C=CCOC(=O)CC[C@H](NC(=O)CNC(=O)CCCC#Cc1cnc(S(C)(=O)=O)nc1)C(=O)NCOCCC(=O)OC1C(C)CC2C3CCC4=CC(=O)C=CC4(C)C3C(O)CC21C. The van der Waals surface area contributed by atoms with E-state index < -0.39 is 69.7 Å². The molecule has 3 saturated carbocycles. The van der Waals surface area contributed by atoms with E-state index in [1.54, 1.807) is 12.2 Å². The Hall–Kier alpha value is -5.25. The van der Waals surface area contributed by atoms with Gasteiger partial charge in [0.15, 0.2) is 5.78 Å². The monoisotopic (exact) mass is 893 g/mol. The first-order valence-electron chi connectivity index (χ1n) is 21.4. The van der Waals surface area contributed by atoms with Crippen LogP contribution in [0.15, 0.2) is 54.0 Å². The molecule has 1 aromatic rings. The Labute approximate surface area is 368 Å². The van der Waals surface area contributed by atoms with Gasteiger partial charge in [0.05, 0.1) is 31.2 Å². The number of aliphatic hydroxyl groups excluding tert-OH is 1. The zero-order valence-electron chi connectivity index (χ0n) is 36.4. The van der Waals surface area contributed by atoms with Crippen LogP contribution in [-0.2, 0) is 52.8 Å². The average molecular weight is 894 g/mol. The third-order valence-electron chi connectivity index (χ3n) is 12.8. The van der Waals surface area contributed by atoms with Crippen molar-refractivity contribution in [2.45, 2.75) is 108 Å². The number of unbranched alkanes of at least 4 members (excludes halogenated alkanes) is 1. The second-order valence-electron chi connectivity index (χ2n) is 17.4. The van der Waals surface area contributed by atoms with Crippen LogP contribution in [0.4, 0.5) is 0 Å². The predicted molar refractivity (Wildman–Crippen MR) is 227 cm³/mol. The molecule has 342 valence electrons. The number of ether oxygens (including phenoxy) is 3. The maximum Gasteiger partial charge on any atom is 0.308 e. The summed E-state index contributed by atoms with van der Waals surface area (Å²) in [6, 6.07) is -1.18. The number of carbonyl (C=O) groups is 6. The van der Waals surface area contributed by atoms with Gasteiger partial charge in [0.1, 0.15) is 25.5 Å². The number of ketones is 1. The fourth-order valence-electron chi connectivity index (χ4n) is 9.92. The summed E-state index contributed by atoms with van der Waals surface area (Å²) >= 11 is 0. The summed E-state index contributed by atoms with van der Waals surface area (Å²) in [6.07, 6.45) is 12.6. The van der Waals surface area contributed by atoms with Crippen molar-refractivity contribution >= 4 is 45.3 Å². The van der Waals surface area contributed by atoms with Gasteiger partial charge in [0.2, 0.25) is 32.7 Å². The molecule has 4 N–H and O–H groups in total. The van der Waals surface area contributed by atoms with Gasteiger partial charge in [0, 0.05) is 54.7 Å². The number of aliphatic hydroxyl groups is 1. The van der Waals surface area contributed by atoms with Crippen molar-refractivity contribution in [3.05, 3.63) is 54.4 Å². The van der Waals surface area contributed by atoms with Crippen LogP contribution >= 0.6 is 0 Å². The second-order valence-corrected chi connectivity index (χ2v) is 19.3. The van der Waals surface area contributed by atoms with Crippen molar-refractivity contribution in [3.8, 4) is 11.8 Å². The zero-order chi connectivity index (χ0) is 46.0. The van der Waals surface area contributed by atoms with Crippen molar-refractivity contribution in [2.75, 3.05) is 32.7 Å². The number of hydrogen-bond donors (Lipinski definition) is 4. The number of allylic oxidation sites excluding steroid dienone is 4. The predicted octanol–water partition coefficient (Wildman–Crippen LogP) is 2.43. The molecule has 3 amide bonds. The van der Waals surface area contributed by atoms with Crippen LogP contribution in [0, 0.1) is 46.3 Å². The van der Waals surface area contributed by atoms with Crippen LogP contribution in [0.2, 0.25) is 0 Å². The maximum atomic E-state index is 13.2. The number of nitrogens with one attached hydrogen (secondary N) is 3. The van der Waals surface area contributed by atoms with E-state index in [1.807, 2.05) is 6.08 Å². The molecule has 4 aliphatic carbocycles. The Morgan fingerprint density at radius 1 is 1.08 bits per heavy atom. The summed E-state index contributed by atoms with van der Waals surface area (Å²) in [7, 11) is -3.53. The quantitative estimate of drug-likeness (QED) is 0.0389. The van der Waals surface area contributed by atoms with Crippen molar-refractivity contribution < 1.29 is 56.5 Å². The molecule has 18 heteroatoms. The van der Waals surface area contributed by atoms with E-state index in [1.165, 1.54) is 18.5 Å². The third kappa shape index (κ3) is 12.5. The Kier molecular flexibility index (Phi) is 16.6. The van der Waals surface area contributed by atoms with Crippen molar-refractivity contribution in [2.24, 2.45) is 34.5 Å². The molecule has 0 aromatic carbocycles. The first-order chi connectivity index (χ1) is 29.8. The van der Waals surface area contributed by atoms with Gasteiger partial charge in [-0.3, -0.25) is 28.8 Å². The van der Waals surface area contributed by atoms with Crippen LogP contribution < -0.4 is 16.0 Å². The summed E-state index contributed by atoms with van der Waals surface area (Å²) in [4.78, 5) is 83.3. The standard InChI is InChI=1S/C45H59N5O12S/c1-6-19-61-38(55)15-14-34(50-37(54)26-46-36(53)11-9-7-8-10-29-24-47-43(48-25-29)63(5,58)59)42(57)49-27-60-20-17-39(56)62-41-28(2)21-33-32-13-12-30-22-31(51)16-18-44(30,3)40(32)35(52)23-45(33,41)4/h6,16,18,22,24-25,28,32-35,40-41,52H,1,7,9,11-15,17,19-21,23,26-27H2,2-5H3,(H,46,53)(H,49,57)(H,50,54)/t28?,32?,33?,34-,35?,40?,41?,44?,45?/m0/s1. The van der Waals surface area contributed by atoms with Crippen LogP contribution in [0.1, 0.15) is 90.5 Å². The Morgan fingerprint density at radius 2 is 1.83 bits per heavy atom. The van der Waals surface area contributed by atoms with E-state index >= 15 is 0 Å². The molecule has 0 aliphatic heterocycles. The van der Waals surface area contributed by atoms with Crippen LogP contribution in [0.3, 0.4) is 0 Å². The minimum atomic E-state index is -3.53. The molecule has 0 saturated heterocycles. The number of sulfone groups is 1. The Bertz CT molecular complexity index is 2150. The highest BCUT2D eigenvalue weighted by molar-refractivity contribution is 7.90. The fraction of sp³-hybridized carbons (Fsp3) is 0.600. The van der Waals surface area contributed by atoms with Crippen molar-refractivity contribution in [1.82, 2.24) is 25.9 Å². The minimum Gasteiger partial charge on any atom is -0.461 e. The first kappa shape index (κ1) is 48.8. The second kappa shape index (κ2) is 21.4. The van der Waals surface area contributed by atoms with Crippen molar-refractivity contribution in [3.63, 3.8) is 0 Å². The molecule has 3 fully saturated rings. The molecule has 0 bridgehead atoms. The zero-order valence-corrected chi connectivity index (χ0v) is 37.2. The number of amides is 3. The summed E-state index contributed by atoms with van der Waals surface area (Å²) in [6.45, 7) is 8.99. The van der Waals surface area contributed by atoms with E-state index in [2.05, 4.69) is 65.1 Å². The highest BCUT2D eigenvalue weighted by Crippen LogP contribution is 2.65. The molecule has 0 spiro atoms. The largest absolute Gasteiger partial charge is 0.461 e. The summed E-state index contributed by atoms with van der Waals surface area (Å²) in [5, 5.41) is 18.9. The minimum absolute atomic E-state index is 0.0127. The molecular formula is C45H59N5O12S. The number of esters is 2. The number of nitrogens with zero attached hydrogens (tertiary/aromatic N) is 2. The number of aromatic nitrogens is 2. The molecule has 8 unspecified atom stereocenters. The number of carbonyl (C=O) groups excluding carboxylic acids is 6. The first-order valence-corrected chi connectivity index (χ1v) is 23.3. The van der Waals surface area contributed by atoms with Gasteiger partial charge in [-0.2, -0.15) is 0 Å². The fourth-order valence-corrected chi connectivity index (χ4v) is 10.4. The number of rotatable bonds is 19. The lowest BCUT2D eigenvalue weighted by atomic mass is 9.47. The molecule has 5 rings (SSSR count). The number of hydrogen-bond acceptors (Lipinski definition) is 14. The molecule has 0 radical (unpaired) electrons. The molecular weight excluding hydrogens is 835 g/mol. The lowest BCUT2D eigenvalue weighted by Gasteiger charge is -2.58. The third-order valence-corrected chi connectivity index (χ3v) is 13.6. The molecule has 17 nitrogen and oxygen atoms in total. The van der Waals surface area contributed by atoms with Crippen molar-refractivity contribution in [1.29, 1.82) is 0 Å². The average Bonchev–Trinajstić information content (AvgIpc) is 3.48. The van der Waals surface area contributed by atoms with E-state index in [-0.39, 0.29) is 85.7 Å². The van der Waals surface area contributed by atoms with E-state index in [9.17, 15) is 42.3 Å². The lowest BCUT2D eigenvalue weighted by Crippen LogP contribution is -2.57. The highest BCUT2D eigenvalue weighted by Gasteiger charge is 2.64. The smallest absolute Gasteiger partial charge is 0.308 e. The Balaban J connectivity index is 1.04. The highest BCUT2D eigenvalue weighted by atomic mass is 32.2. The Morgan fingerprint density at radius 3 is 2.54 bits per heavy atom. The lowest BCUT2D eigenvalue weighted by molar-refractivity contribution is -0.171. The van der Waals surface area contributed by atoms with E-state index in [0.717, 1.165) is 31.1 Å². The molecule has 1 heterocycles. The number of fused-ring (bicyclic) bond motifs is 5. The van der Waals surface area contributed by atoms with Crippen LogP contribution in [-0.4, -0.2) is 110 Å². The van der Waals surface area contributed by atoms with E-state index in [0.29, 0.717) is 24.8 Å². The van der Waals surface area contributed by atoms with Gasteiger partial charge >= 0.3 is 11.9 Å². The van der Waals surface area contributed by atoms with Gasteiger partial charge in [-0.05, 0) is 68.4 Å². The van der Waals surface area contributed by atoms with Crippen LogP contribution in [0.25, 0.3) is 0 Å². The van der Waals surface area contributed by atoms with Crippen LogP contribution in [0.5, 0.6) is 0 Å². The van der Waals surface area contributed by atoms with Gasteiger partial charge in [-0.1, -0.05) is 56.9 Å². The molecule has 4 aliphatic rings. The molecule has 63 heavy (non-hydrogen) atoms. The summed E-state index contributed by atoms with van der Waals surface area (Å²) in [5.74, 6) is 3.29. The normalized spacial score (nSPS) is 27.4. The topological polar surface area (TPSA) is 246 Å². The van der Waals surface area contributed by atoms with Gasteiger partial charge in [0.25, 0.3) is 0 Å². The molecule has 1 aromatic heterocycles. The maximum absolute atomic E-state index is 13.2. The molecule has 9 atom stereocenters. The van der Waals surface area contributed by atoms with Gasteiger partial charge < -0.3 is 35.3 Å². The van der Waals surface area contributed by atoms with Gasteiger partial charge in [-0.15, -0.1) is 0 Å². The summed E-state index contributed by atoms with van der Waals surface area (Å²) in [5.41, 5.74) is 0.679. The summed E-state index contributed by atoms with van der Waals surface area (Å²) < 4.78 is 39.6.